The van der Waals surface area contributed by atoms with Crippen molar-refractivity contribution in [2.24, 2.45) is 0 Å². The maximum absolute atomic E-state index is 4.35. The van der Waals surface area contributed by atoms with E-state index in [-0.39, 0.29) is 0 Å². The van der Waals surface area contributed by atoms with Crippen molar-refractivity contribution in [3.63, 3.8) is 0 Å². The quantitative estimate of drug-likeness (QED) is 0.633. The Labute approximate surface area is 71.2 Å². The number of hydrogen-bond acceptors (Lipinski definition) is 2. The van der Waals surface area contributed by atoms with Crippen molar-refractivity contribution in [1.29, 1.82) is 0 Å². The molecule has 0 aliphatic carbocycles. The highest BCUT2D eigenvalue weighted by atomic mass is 32.2. The van der Waals surface area contributed by atoms with Crippen LogP contribution in [0, 0.1) is 0 Å². The normalized spacial score (nSPS) is 15.0. The highest BCUT2D eigenvalue weighted by molar-refractivity contribution is 7.99. The van der Waals surface area contributed by atoms with Gasteiger partial charge in [0, 0.05) is 22.5 Å². The summed E-state index contributed by atoms with van der Waals surface area (Å²) in [5.41, 5.74) is 2.73. The molecule has 0 atom stereocenters. The van der Waals surface area contributed by atoms with Crippen LogP contribution < -0.4 is 0 Å². The van der Waals surface area contributed by atoms with E-state index in [0.717, 1.165) is 6.42 Å². The number of aryl methyl sites for hydroxylation is 2. The number of pyridine rings is 1. The molecule has 1 nitrogen and oxygen atoms in total. The SMILES string of the molecule is CCc1cc2c(cn1)SCC2. The van der Waals surface area contributed by atoms with Crippen molar-refractivity contribution in [3.05, 3.63) is 23.5 Å². The van der Waals surface area contributed by atoms with Crippen LogP contribution in [0.5, 0.6) is 0 Å². The van der Waals surface area contributed by atoms with Crippen LogP contribution in [-0.2, 0) is 12.8 Å². The number of aromatic nitrogens is 1. The first-order valence-electron chi connectivity index (χ1n) is 4.00. The van der Waals surface area contributed by atoms with Crippen LogP contribution in [0.15, 0.2) is 17.2 Å². The van der Waals surface area contributed by atoms with Gasteiger partial charge in [0.1, 0.15) is 0 Å². The third kappa shape index (κ3) is 1.27. The highest BCUT2D eigenvalue weighted by Gasteiger charge is 2.11. The van der Waals surface area contributed by atoms with Crippen LogP contribution in [0.1, 0.15) is 18.2 Å². The molecule has 11 heavy (non-hydrogen) atoms. The lowest BCUT2D eigenvalue weighted by Crippen LogP contribution is -1.89. The number of nitrogens with zero attached hydrogens (tertiary/aromatic N) is 1. The van der Waals surface area contributed by atoms with Crippen molar-refractivity contribution in [3.8, 4) is 0 Å². The third-order valence-electron chi connectivity index (χ3n) is 2.00. The maximum atomic E-state index is 4.35. The molecular weight excluding hydrogens is 154 g/mol. The first-order valence-corrected chi connectivity index (χ1v) is 4.99. The van der Waals surface area contributed by atoms with E-state index in [0.29, 0.717) is 0 Å². The van der Waals surface area contributed by atoms with Crippen LogP contribution in [0.25, 0.3) is 0 Å². The van der Waals surface area contributed by atoms with Crippen LogP contribution in [-0.4, -0.2) is 10.7 Å². The third-order valence-corrected chi connectivity index (χ3v) is 3.08. The van der Waals surface area contributed by atoms with Crippen LogP contribution in [0.4, 0.5) is 0 Å². The lowest BCUT2D eigenvalue weighted by molar-refractivity contribution is 0.988. The van der Waals surface area contributed by atoms with Gasteiger partial charge in [-0.3, -0.25) is 4.98 Å². The molecule has 0 unspecified atom stereocenters. The van der Waals surface area contributed by atoms with Gasteiger partial charge in [-0.15, -0.1) is 11.8 Å². The Morgan fingerprint density at radius 3 is 3.36 bits per heavy atom. The zero-order valence-electron chi connectivity index (χ0n) is 6.63. The molecule has 0 saturated carbocycles. The predicted octanol–water partition coefficient (Wildman–Crippen LogP) is 2.29. The second-order valence-electron chi connectivity index (χ2n) is 2.74. The smallest absolute Gasteiger partial charge is 0.0410 e. The van der Waals surface area contributed by atoms with Gasteiger partial charge in [-0.05, 0) is 24.5 Å². The van der Waals surface area contributed by atoms with E-state index in [9.17, 15) is 0 Å². The largest absolute Gasteiger partial charge is 0.260 e. The van der Waals surface area contributed by atoms with Gasteiger partial charge in [0.25, 0.3) is 0 Å². The lowest BCUT2D eigenvalue weighted by atomic mass is 10.1. The minimum absolute atomic E-state index is 1.05. The summed E-state index contributed by atoms with van der Waals surface area (Å²) >= 11 is 1.92. The molecule has 0 N–H and O–H groups in total. The molecule has 0 spiro atoms. The van der Waals surface area contributed by atoms with E-state index in [1.165, 1.54) is 28.3 Å². The number of hydrogen-bond donors (Lipinski definition) is 0. The Bertz CT molecular complexity index is 270. The highest BCUT2D eigenvalue weighted by Crippen LogP contribution is 2.30. The van der Waals surface area contributed by atoms with E-state index in [4.69, 9.17) is 0 Å². The first kappa shape index (κ1) is 7.17. The molecule has 58 valence electrons. The number of fused-ring (bicyclic) bond motifs is 1. The Kier molecular flexibility index (Phi) is 1.86. The summed E-state index contributed by atoms with van der Waals surface area (Å²) in [6, 6.07) is 2.25. The van der Waals surface area contributed by atoms with Gasteiger partial charge in [0.2, 0.25) is 0 Å². The van der Waals surface area contributed by atoms with Gasteiger partial charge in [0.05, 0.1) is 0 Å². The van der Waals surface area contributed by atoms with Gasteiger partial charge in [-0.25, -0.2) is 0 Å². The monoisotopic (exact) mass is 165 g/mol. The van der Waals surface area contributed by atoms with Gasteiger partial charge in [0.15, 0.2) is 0 Å². The number of thioether (sulfide) groups is 1. The minimum Gasteiger partial charge on any atom is -0.260 e. The second kappa shape index (κ2) is 2.86. The molecule has 2 heterocycles. The van der Waals surface area contributed by atoms with E-state index < -0.39 is 0 Å². The zero-order valence-corrected chi connectivity index (χ0v) is 7.45. The van der Waals surface area contributed by atoms with E-state index in [2.05, 4.69) is 18.0 Å². The van der Waals surface area contributed by atoms with Crippen LogP contribution in [0.3, 0.4) is 0 Å². The fourth-order valence-corrected chi connectivity index (χ4v) is 2.34. The Morgan fingerprint density at radius 2 is 2.55 bits per heavy atom. The van der Waals surface area contributed by atoms with Gasteiger partial charge in [-0.2, -0.15) is 0 Å². The molecule has 1 aromatic rings. The molecule has 0 fully saturated rings. The summed E-state index contributed by atoms with van der Waals surface area (Å²) in [7, 11) is 0. The predicted molar refractivity (Wildman–Crippen MR) is 48.0 cm³/mol. The topological polar surface area (TPSA) is 12.9 Å². The fraction of sp³-hybridized carbons (Fsp3) is 0.444. The van der Waals surface area contributed by atoms with Crippen molar-refractivity contribution in [2.45, 2.75) is 24.7 Å². The molecule has 0 amide bonds. The van der Waals surface area contributed by atoms with Crippen molar-refractivity contribution >= 4 is 11.8 Å². The molecule has 0 bridgehead atoms. The molecule has 0 saturated heterocycles. The van der Waals surface area contributed by atoms with Crippen LogP contribution in [0.2, 0.25) is 0 Å². The maximum Gasteiger partial charge on any atom is 0.0410 e. The molecule has 1 aliphatic heterocycles. The standard InChI is InChI=1S/C9H11NS/c1-2-8-5-7-3-4-11-9(7)6-10-8/h5-6H,2-4H2,1H3. The molecule has 2 heteroatoms. The summed E-state index contributed by atoms with van der Waals surface area (Å²) in [6.45, 7) is 2.15. The minimum atomic E-state index is 1.05. The Hall–Kier alpha value is -0.500. The van der Waals surface area contributed by atoms with E-state index in [1.807, 2.05) is 18.0 Å². The zero-order chi connectivity index (χ0) is 7.68. The molecular formula is C9H11NS. The molecule has 1 aromatic heterocycles. The summed E-state index contributed by atoms with van der Waals surface area (Å²) in [5, 5.41) is 0. The molecule has 2 rings (SSSR count). The molecule has 0 radical (unpaired) electrons. The van der Waals surface area contributed by atoms with Crippen molar-refractivity contribution < 1.29 is 0 Å². The van der Waals surface area contributed by atoms with Crippen molar-refractivity contribution in [2.75, 3.05) is 5.75 Å². The Morgan fingerprint density at radius 1 is 1.64 bits per heavy atom. The average molecular weight is 165 g/mol. The van der Waals surface area contributed by atoms with E-state index >= 15 is 0 Å². The van der Waals surface area contributed by atoms with Gasteiger partial charge in [-0.1, -0.05) is 6.92 Å². The molecule has 1 aliphatic rings. The average Bonchev–Trinajstić information content (AvgIpc) is 2.50. The van der Waals surface area contributed by atoms with Crippen molar-refractivity contribution in [1.82, 2.24) is 4.98 Å². The summed E-state index contributed by atoms with van der Waals surface area (Å²) in [5.74, 6) is 1.24. The Balaban J connectivity index is 2.41. The second-order valence-corrected chi connectivity index (χ2v) is 3.87. The lowest BCUT2D eigenvalue weighted by Gasteiger charge is -1.99. The molecule has 0 aromatic carbocycles. The number of rotatable bonds is 1. The van der Waals surface area contributed by atoms with Gasteiger partial charge < -0.3 is 0 Å². The first-order chi connectivity index (χ1) is 5.40. The summed E-state index contributed by atoms with van der Waals surface area (Å²) < 4.78 is 0. The fourth-order valence-electron chi connectivity index (χ4n) is 1.32. The van der Waals surface area contributed by atoms with Gasteiger partial charge >= 0.3 is 0 Å². The van der Waals surface area contributed by atoms with Crippen LogP contribution >= 0.6 is 11.8 Å². The summed E-state index contributed by atoms with van der Waals surface area (Å²) in [4.78, 5) is 5.74. The van der Waals surface area contributed by atoms with E-state index in [1.54, 1.807) is 0 Å². The summed E-state index contributed by atoms with van der Waals surface area (Å²) in [6.07, 6.45) is 4.30.